The van der Waals surface area contributed by atoms with Crippen LogP contribution in [-0.2, 0) is 0 Å². The maximum atomic E-state index is 10.9. The van der Waals surface area contributed by atoms with Gasteiger partial charge in [-0.15, -0.1) is 0 Å². The molecule has 13 heavy (non-hydrogen) atoms. The smallest absolute Gasteiger partial charge is 0.252 e. The van der Waals surface area contributed by atoms with Crippen LogP contribution < -0.4 is 5.06 Å². The van der Waals surface area contributed by atoms with Gasteiger partial charge < -0.3 is 15.4 Å². The van der Waals surface area contributed by atoms with Gasteiger partial charge in [0.15, 0.2) is 0 Å². The van der Waals surface area contributed by atoms with Gasteiger partial charge in [0, 0.05) is 11.3 Å². The molecule has 0 fully saturated rings. The molecule has 0 bridgehead atoms. The standard InChI is InChI=1S/C8H7ClNO3/c9-8(12)6-2-1-3-7(4-6)10(13)5-11/h1-4,11H,5H2/q-1. The van der Waals surface area contributed by atoms with E-state index in [0.29, 0.717) is 5.06 Å². The van der Waals surface area contributed by atoms with Crippen molar-refractivity contribution in [1.82, 2.24) is 0 Å². The van der Waals surface area contributed by atoms with E-state index in [1.54, 1.807) is 0 Å². The molecule has 4 nitrogen and oxygen atoms in total. The van der Waals surface area contributed by atoms with E-state index in [0.717, 1.165) is 0 Å². The summed E-state index contributed by atoms with van der Waals surface area (Å²) in [6.07, 6.45) is 0. The Balaban J connectivity index is 2.98. The molecular weight excluding hydrogens is 194 g/mol. The third-order valence-corrected chi connectivity index (χ3v) is 1.71. The van der Waals surface area contributed by atoms with Crippen molar-refractivity contribution in [2.45, 2.75) is 0 Å². The van der Waals surface area contributed by atoms with Crippen molar-refractivity contribution in [2.75, 3.05) is 11.8 Å². The summed E-state index contributed by atoms with van der Waals surface area (Å²) in [5.41, 5.74) is 0.433. The number of hydrogen-bond acceptors (Lipinski definition) is 4. The molecule has 0 unspecified atom stereocenters. The molecule has 0 saturated carbocycles. The van der Waals surface area contributed by atoms with Crippen LogP contribution in [0, 0.1) is 5.21 Å². The highest BCUT2D eigenvalue weighted by Gasteiger charge is 2.02. The van der Waals surface area contributed by atoms with Crippen LogP contribution in [0.15, 0.2) is 24.3 Å². The molecule has 1 N–H and O–H groups in total. The average molecular weight is 201 g/mol. The van der Waals surface area contributed by atoms with Crippen molar-refractivity contribution in [3.63, 3.8) is 0 Å². The van der Waals surface area contributed by atoms with Gasteiger partial charge in [-0.1, -0.05) is 6.07 Å². The number of nitrogens with zero attached hydrogens (tertiary/aromatic N) is 1. The van der Waals surface area contributed by atoms with E-state index in [4.69, 9.17) is 16.7 Å². The summed E-state index contributed by atoms with van der Waals surface area (Å²) >= 11 is 5.20. The van der Waals surface area contributed by atoms with Crippen molar-refractivity contribution >= 4 is 22.5 Å². The Hall–Kier alpha value is -1.10. The molecule has 0 aliphatic rings. The van der Waals surface area contributed by atoms with E-state index >= 15 is 0 Å². The number of carbonyl (C=O) groups is 1. The Morgan fingerprint density at radius 2 is 2.31 bits per heavy atom. The quantitative estimate of drug-likeness (QED) is 0.454. The van der Waals surface area contributed by atoms with Gasteiger partial charge in [-0.05, 0) is 29.8 Å². The summed E-state index contributed by atoms with van der Waals surface area (Å²) in [4.78, 5) is 10.7. The second-order valence-electron chi connectivity index (χ2n) is 2.34. The molecule has 0 heterocycles. The molecule has 5 heteroatoms. The fourth-order valence-electron chi connectivity index (χ4n) is 0.865. The molecule has 0 aliphatic heterocycles. The molecule has 1 rings (SSSR count). The van der Waals surface area contributed by atoms with Gasteiger partial charge in [0.1, 0.15) is 6.73 Å². The largest absolute Gasteiger partial charge is 0.757 e. The number of rotatable bonds is 3. The van der Waals surface area contributed by atoms with E-state index < -0.39 is 12.0 Å². The van der Waals surface area contributed by atoms with Gasteiger partial charge in [-0.25, -0.2) is 0 Å². The Morgan fingerprint density at radius 1 is 1.62 bits per heavy atom. The van der Waals surface area contributed by atoms with Crippen molar-refractivity contribution in [1.29, 1.82) is 0 Å². The maximum Gasteiger partial charge on any atom is 0.252 e. The van der Waals surface area contributed by atoms with Crippen molar-refractivity contribution < 1.29 is 9.90 Å². The second kappa shape index (κ2) is 4.23. The maximum absolute atomic E-state index is 10.9. The van der Waals surface area contributed by atoms with Gasteiger partial charge in [0.05, 0.1) is 0 Å². The molecule has 0 atom stereocenters. The fraction of sp³-hybridized carbons (Fsp3) is 0.125. The molecule has 1 aromatic rings. The van der Waals surface area contributed by atoms with Crippen LogP contribution >= 0.6 is 11.6 Å². The van der Waals surface area contributed by atoms with Crippen molar-refractivity contribution in [3.8, 4) is 0 Å². The predicted molar refractivity (Wildman–Crippen MR) is 49.6 cm³/mol. The van der Waals surface area contributed by atoms with Gasteiger partial charge in [-0.3, -0.25) is 4.79 Å². The fourth-order valence-corrected chi connectivity index (χ4v) is 0.983. The lowest BCUT2D eigenvalue weighted by molar-refractivity contribution is 0.108. The topological polar surface area (TPSA) is 63.6 Å². The molecular formula is C8H7ClNO3-. The van der Waals surface area contributed by atoms with E-state index in [1.807, 2.05) is 0 Å². The first-order valence-electron chi connectivity index (χ1n) is 3.50. The Morgan fingerprint density at radius 3 is 2.85 bits per heavy atom. The Labute approximate surface area is 79.9 Å². The Bertz CT molecular complexity index is 316. The number of hydroxylamine groups is 1. The van der Waals surface area contributed by atoms with E-state index in [1.165, 1.54) is 24.3 Å². The highest BCUT2D eigenvalue weighted by Crippen LogP contribution is 2.15. The lowest BCUT2D eigenvalue weighted by Gasteiger charge is -2.27. The molecule has 0 aliphatic carbocycles. The van der Waals surface area contributed by atoms with E-state index in [-0.39, 0.29) is 11.3 Å². The molecule has 70 valence electrons. The second-order valence-corrected chi connectivity index (χ2v) is 2.69. The number of halogens is 1. The molecule has 0 saturated heterocycles. The highest BCUT2D eigenvalue weighted by molar-refractivity contribution is 6.67. The zero-order chi connectivity index (χ0) is 9.84. The number of carbonyl (C=O) groups excluding carboxylic acids is 1. The highest BCUT2D eigenvalue weighted by atomic mass is 35.5. The Kier molecular flexibility index (Phi) is 3.25. The minimum Gasteiger partial charge on any atom is -0.757 e. The van der Waals surface area contributed by atoms with Crippen LogP contribution in [0.3, 0.4) is 0 Å². The molecule has 0 amide bonds. The third kappa shape index (κ3) is 2.42. The number of aliphatic hydroxyl groups is 1. The van der Waals surface area contributed by atoms with Gasteiger partial charge in [0.25, 0.3) is 5.24 Å². The lowest BCUT2D eigenvalue weighted by Crippen LogP contribution is -2.15. The van der Waals surface area contributed by atoms with Crippen molar-refractivity contribution in [3.05, 3.63) is 35.0 Å². The summed E-state index contributed by atoms with van der Waals surface area (Å²) in [6, 6.07) is 5.81. The van der Waals surface area contributed by atoms with Crippen LogP contribution in [0.5, 0.6) is 0 Å². The monoisotopic (exact) mass is 200 g/mol. The average Bonchev–Trinajstić information content (AvgIpc) is 2.17. The minimum absolute atomic E-state index is 0.203. The summed E-state index contributed by atoms with van der Waals surface area (Å²) in [5, 5.41) is 19.1. The van der Waals surface area contributed by atoms with Crippen molar-refractivity contribution in [2.24, 2.45) is 0 Å². The van der Waals surface area contributed by atoms with Crippen LogP contribution in [0.2, 0.25) is 0 Å². The van der Waals surface area contributed by atoms with Crippen LogP contribution in [0.1, 0.15) is 10.4 Å². The van der Waals surface area contributed by atoms with Crippen LogP contribution in [0.4, 0.5) is 5.69 Å². The predicted octanol–water partition coefficient (Wildman–Crippen LogP) is 1.32. The zero-order valence-electron chi connectivity index (χ0n) is 6.61. The molecule has 0 radical (unpaired) electrons. The summed E-state index contributed by atoms with van der Waals surface area (Å²) < 4.78 is 0. The molecule has 0 spiro atoms. The molecule has 0 aromatic heterocycles. The first kappa shape index (κ1) is 9.98. The summed E-state index contributed by atoms with van der Waals surface area (Å²) in [6.45, 7) is -0.653. The normalized spacial score (nSPS) is 9.77. The molecule has 1 aromatic carbocycles. The summed E-state index contributed by atoms with van der Waals surface area (Å²) in [7, 11) is 0. The van der Waals surface area contributed by atoms with E-state index in [9.17, 15) is 10.0 Å². The van der Waals surface area contributed by atoms with Crippen LogP contribution in [-0.4, -0.2) is 17.1 Å². The van der Waals surface area contributed by atoms with Gasteiger partial charge >= 0.3 is 0 Å². The SMILES string of the molecule is O=C(Cl)c1cccc(N([O-])CO)c1. The first-order chi connectivity index (χ1) is 6.15. The van der Waals surface area contributed by atoms with Gasteiger partial charge in [-0.2, -0.15) is 0 Å². The van der Waals surface area contributed by atoms with E-state index in [2.05, 4.69) is 0 Å². The van der Waals surface area contributed by atoms with Gasteiger partial charge in [0.2, 0.25) is 0 Å². The number of hydrogen-bond donors (Lipinski definition) is 1. The lowest BCUT2D eigenvalue weighted by atomic mass is 10.2. The first-order valence-corrected chi connectivity index (χ1v) is 3.88. The number of anilines is 1. The minimum atomic E-state index is -0.653. The number of benzene rings is 1. The number of aliphatic hydroxyl groups excluding tert-OH is 1. The van der Waals surface area contributed by atoms with Crippen LogP contribution in [0.25, 0.3) is 0 Å². The summed E-state index contributed by atoms with van der Waals surface area (Å²) in [5.74, 6) is 0. The third-order valence-electron chi connectivity index (χ3n) is 1.49. The zero-order valence-corrected chi connectivity index (χ0v) is 7.36.